The highest BCUT2D eigenvalue weighted by molar-refractivity contribution is 7.80. The molecule has 4 nitrogen and oxygen atoms in total. The molecule has 2 unspecified atom stereocenters. The van der Waals surface area contributed by atoms with E-state index in [1.807, 2.05) is 73.8 Å². The lowest BCUT2D eigenvalue weighted by molar-refractivity contribution is -0.124. The van der Waals surface area contributed by atoms with Gasteiger partial charge >= 0.3 is 0 Å². The quantitative estimate of drug-likeness (QED) is 0.402. The maximum atomic E-state index is 14.0. The molecule has 1 aromatic heterocycles. The van der Waals surface area contributed by atoms with Crippen LogP contribution in [0.2, 0.25) is 5.02 Å². The fourth-order valence-corrected chi connectivity index (χ4v) is 5.68. The van der Waals surface area contributed by atoms with E-state index in [9.17, 15) is 4.79 Å². The summed E-state index contributed by atoms with van der Waals surface area (Å²) in [6, 6.07) is 23.8. The number of halogens is 1. The lowest BCUT2D eigenvalue weighted by Gasteiger charge is -2.42. The van der Waals surface area contributed by atoms with Crippen LogP contribution in [0.3, 0.4) is 0 Å². The summed E-state index contributed by atoms with van der Waals surface area (Å²) in [7, 11) is 1.82. The molecule has 1 spiro atoms. The van der Waals surface area contributed by atoms with Gasteiger partial charge in [-0.1, -0.05) is 72.3 Å². The number of hydrogen-bond acceptors (Lipinski definition) is 2. The number of H-pyrrole nitrogens is 1. The maximum Gasteiger partial charge on any atom is 0.258 e. The van der Waals surface area contributed by atoms with Crippen molar-refractivity contribution in [3.63, 3.8) is 0 Å². The minimum absolute atomic E-state index is 0.0214. The van der Waals surface area contributed by atoms with E-state index in [1.165, 1.54) is 0 Å². The molecule has 2 aliphatic rings. The molecular formula is C25H18ClN3OS. The average molecular weight is 444 g/mol. The summed E-state index contributed by atoms with van der Waals surface area (Å²) in [5, 5.41) is 5.21. The van der Waals surface area contributed by atoms with E-state index in [0.29, 0.717) is 10.0 Å². The number of benzene rings is 3. The minimum Gasteiger partial charge on any atom is -0.356 e. The Kier molecular flexibility index (Phi) is 3.86. The Bertz CT molecular complexity index is 1390. The highest BCUT2D eigenvalue weighted by Crippen LogP contribution is 2.54. The zero-order valence-corrected chi connectivity index (χ0v) is 18.2. The second-order valence-corrected chi connectivity index (χ2v) is 8.93. The number of nitrogens with one attached hydrogen (secondary N) is 2. The number of anilines is 1. The number of hydrogen-bond donors (Lipinski definition) is 2. The Morgan fingerprint density at radius 2 is 1.71 bits per heavy atom. The second kappa shape index (κ2) is 6.42. The Morgan fingerprint density at radius 3 is 2.52 bits per heavy atom. The van der Waals surface area contributed by atoms with Crippen LogP contribution in [-0.4, -0.2) is 22.9 Å². The van der Waals surface area contributed by atoms with Crippen molar-refractivity contribution in [2.45, 2.75) is 11.5 Å². The summed E-state index contributed by atoms with van der Waals surface area (Å²) in [6.07, 6.45) is 0. The first kappa shape index (κ1) is 18.6. The van der Waals surface area contributed by atoms with Crippen molar-refractivity contribution in [3.05, 3.63) is 100 Å². The zero-order chi connectivity index (χ0) is 21.3. The van der Waals surface area contributed by atoms with Gasteiger partial charge in [0.15, 0.2) is 5.54 Å². The highest BCUT2D eigenvalue weighted by atomic mass is 35.5. The average Bonchev–Trinajstić information content (AvgIpc) is 3.27. The van der Waals surface area contributed by atoms with Crippen LogP contribution in [0.15, 0.2) is 72.8 Å². The number of fused-ring (bicyclic) bond motifs is 5. The smallest absolute Gasteiger partial charge is 0.258 e. The molecule has 0 saturated heterocycles. The van der Waals surface area contributed by atoms with Crippen molar-refractivity contribution in [1.29, 1.82) is 0 Å². The molecule has 0 bridgehead atoms. The number of likely N-dealkylation sites (N-methyl/N-ethyl adjacent to an activating group) is 1. The number of aromatic amines is 1. The van der Waals surface area contributed by atoms with Gasteiger partial charge in [-0.3, -0.25) is 4.79 Å². The van der Waals surface area contributed by atoms with Crippen LogP contribution in [0.25, 0.3) is 10.9 Å². The van der Waals surface area contributed by atoms with Crippen LogP contribution in [0.1, 0.15) is 28.3 Å². The summed E-state index contributed by atoms with van der Waals surface area (Å²) >= 11 is 12.0. The molecule has 31 heavy (non-hydrogen) atoms. The van der Waals surface area contributed by atoms with E-state index in [4.69, 9.17) is 23.8 Å². The monoisotopic (exact) mass is 443 g/mol. The molecule has 2 N–H and O–H groups in total. The van der Waals surface area contributed by atoms with Crippen molar-refractivity contribution < 1.29 is 4.79 Å². The molecule has 4 aromatic rings. The number of nitrogens with zero attached hydrogens (tertiary/aromatic N) is 1. The van der Waals surface area contributed by atoms with Crippen LogP contribution in [-0.2, 0) is 10.3 Å². The lowest BCUT2D eigenvalue weighted by atomic mass is 9.69. The number of amides is 1. The number of aromatic nitrogens is 1. The summed E-state index contributed by atoms with van der Waals surface area (Å²) < 4.78 is 0. The number of carbonyl (C=O) groups excluding carboxylic acids is 1. The van der Waals surface area contributed by atoms with E-state index in [0.717, 1.165) is 39.0 Å². The molecule has 3 heterocycles. The number of rotatable bonds is 1. The molecule has 6 rings (SSSR count). The Balaban J connectivity index is 1.74. The summed E-state index contributed by atoms with van der Waals surface area (Å²) in [5.41, 5.74) is 4.70. The van der Waals surface area contributed by atoms with Crippen molar-refractivity contribution in [2.75, 3.05) is 11.9 Å². The molecule has 0 fully saturated rings. The molecule has 2 aliphatic heterocycles. The van der Waals surface area contributed by atoms with Crippen LogP contribution >= 0.6 is 23.8 Å². The van der Waals surface area contributed by atoms with Gasteiger partial charge in [0.1, 0.15) is 4.99 Å². The third-order valence-corrected chi connectivity index (χ3v) is 7.10. The molecule has 0 saturated carbocycles. The summed E-state index contributed by atoms with van der Waals surface area (Å²) in [4.78, 5) is 19.7. The molecule has 6 heteroatoms. The van der Waals surface area contributed by atoms with Gasteiger partial charge in [0.05, 0.1) is 5.69 Å². The van der Waals surface area contributed by atoms with E-state index in [2.05, 4.69) is 16.4 Å². The van der Waals surface area contributed by atoms with Gasteiger partial charge in [-0.05, 0) is 35.4 Å². The maximum absolute atomic E-state index is 14.0. The van der Waals surface area contributed by atoms with Crippen molar-refractivity contribution in [2.24, 2.45) is 0 Å². The molecule has 1 amide bonds. The predicted octanol–water partition coefficient (Wildman–Crippen LogP) is 5.10. The van der Waals surface area contributed by atoms with Gasteiger partial charge in [-0.15, -0.1) is 0 Å². The standard InChI is InChI=1S/C25H18ClN3OS/c1-29-19-9-5-3-7-17(19)25(24(29)30)21(14-10-12-15(26)13-11-14)20-16-6-2-4-8-18(16)27-22(20)23(31)28-25/h2-13,21,27H,1H3,(H,28,31). The topological polar surface area (TPSA) is 48.1 Å². The third kappa shape index (κ3) is 2.36. The van der Waals surface area contributed by atoms with Crippen LogP contribution in [0, 0.1) is 0 Å². The molecular weight excluding hydrogens is 426 g/mol. The van der Waals surface area contributed by atoms with Gasteiger partial charge in [0.2, 0.25) is 0 Å². The Morgan fingerprint density at radius 1 is 1.00 bits per heavy atom. The number of carbonyl (C=O) groups is 1. The van der Waals surface area contributed by atoms with Gasteiger partial charge in [-0.25, -0.2) is 0 Å². The van der Waals surface area contributed by atoms with Crippen LogP contribution < -0.4 is 10.2 Å². The molecule has 152 valence electrons. The second-order valence-electron chi connectivity index (χ2n) is 8.09. The zero-order valence-electron chi connectivity index (χ0n) is 16.6. The fourth-order valence-electron chi connectivity index (χ4n) is 5.23. The van der Waals surface area contributed by atoms with Crippen molar-refractivity contribution in [1.82, 2.24) is 10.3 Å². The molecule has 3 aromatic carbocycles. The van der Waals surface area contributed by atoms with Gasteiger partial charge in [0, 0.05) is 40.1 Å². The minimum atomic E-state index is -1.03. The third-order valence-electron chi connectivity index (χ3n) is 6.54. The van der Waals surface area contributed by atoms with E-state index >= 15 is 0 Å². The van der Waals surface area contributed by atoms with Crippen molar-refractivity contribution >= 4 is 51.3 Å². The van der Waals surface area contributed by atoms with E-state index < -0.39 is 5.54 Å². The number of thiocarbonyl (C=S) groups is 1. The van der Waals surface area contributed by atoms with Crippen molar-refractivity contribution in [3.8, 4) is 0 Å². The first-order valence-electron chi connectivity index (χ1n) is 10.1. The van der Waals surface area contributed by atoms with Gasteiger partial charge in [-0.2, -0.15) is 0 Å². The molecule has 0 aliphatic carbocycles. The molecule has 0 radical (unpaired) electrons. The first-order chi connectivity index (χ1) is 15.0. The Labute approximate surface area is 189 Å². The van der Waals surface area contributed by atoms with Crippen LogP contribution in [0.5, 0.6) is 0 Å². The van der Waals surface area contributed by atoms with Crippen LogP contribution in [0.4, 0.5) is 5.69 Å². The lowest BCUT2D eigenvalue weighted by Crippen LogP contribution is -2.59. The normalized spacial score (nSPS) is 22.0. The first-order valence-corrected chi connectivity index (χ1v) is 10.9. The van der Waals surface area contributed by atoms with Gasteiger partial charge < -0.3 is 15.2 Å². The highest BCUT2D eigenvalue weighted by Gasteiger charge is 2.59. The fraction of sp³-hybridized carbons (Fsp3) is 0.120. The predicted molar refractivity (Wildman–Crippen MR) is 128 cm³/mol. The molecule has 2 atom stereocenters. The summed E-state index contributed by atoms with van der Waals surface area (Å²) in [6.45, 7) is 0. The Hall–Kier alpha value is -3.15. The summed E-state index contributed by atoms with van der Waals surface area (Å²) in [5.74, 6) is -0.312. The van der Waals surface area contributed by atoms with E-state index in [1.54, 1.807) is 4.90 Å². The van der Waals surface area contributed by atoms with E-state index in [-0.39, 0.29) is 11.8 Å². The number of para-hydroxylation sites is 2. The largest absolute Gasteiger partial charge is 0.356 e. The van der Waals surface area contributed by atoms with Gasteiger partial charge in [0.25, 0.3) is 5.91 Å². The SMILES string of the molecule is CN1C(=O)C2(NC(=S)c3[nH]c4ccccc4c3C2c2ccc(Cl)cc2)c2ccccc21.